The monoisotopic (exact) mass is 406 g/mol. The Bertz CT molecular complexity index is 758. The molecule has 160 valence electrons. The molecule has 0 aromatic carbocycles. The van der Waals surface area contributed by atoms with Gasteiger partial charge in [0.1, 0.15) is 17.6 Å². The lowest BCUT2D eigenvalue weighted by Gasteiger charge is -2.44. The molecule has 3 atom stereocenters. The van der Waals surface area contributed by atoms with Crippen LogP contribution in [0.3, 0.4) is 0 Å². The third kappa shape index (κ3) is 3.80. The number of hydrogen-bond acceptors (Lipinski definition) is 7. The minimum Gasteiger partial charge on any atom is -0.381 e. The summed E-state index contributed by atoms with van der Waals surface area (Å²) in [4.78, 5) is 18.2. The van der Waals surface area contributed by atoms with E-state index in [1.54, 1.807) is 0 Å². The number of hydrogen-bond donors (Lipinski definition) is 4. The minimum absolute atomic E-state index is 0.0104. The summed E-state index contributed by atoms with van der Waals surface area (Å²) in [5, 5.41) is 13.7. The average Bonchev–Trinajstić information content (AvgIpc) is 3.51. The van der Waals surface area contributed by atoms with Gasteiger partial charge in [0, 0.05) is 51.4 Å². The van der Waals surface area contributed by atoms with Gasteiger partial charge in [-0.05, 0) is 25.8 Å². The number of alkyl halides is 1. The summed E-state index contributed by atoms with van der Waals surface area (Å²) in [6.07, 6.45) is 2.68. The normalized spacial score (nSPS) is 31.1. The molecule has 1 aromatic rings. The molecule has 0 bridgehead atoms. The van der Waals surface area contributed by atoms with E-state index < -0.39 is 6.17 Å². The first-order valence-corrected chi connectivity index (χ1v) is 10.8. The quantitative estimate of drug-likeness (QED) is 0.533. The Morgan fingerprint density at radius 2 is 1.90 bits per heavy atom. The van der Waals surface area contributed by atoms with Crippen molar-refractivity contribution >= 4 is 17.5 Å². The number of carbonyl (C=O) groups is 1. The molecule has 3 fully saturated rings. The second kappa shape index (κ2) is 7.73. The van der Waals surface area contributed by atoms with Gasteiger partial charge in [0.15, 0.2) is 5.82 Å². The Kier molecular flexibility index (Phi) is 5.09. The zero-order chi connectivity index (χ0) is 20.0. The van der Waals surface area contributed by atoms with E-state index in [0.29, 0.717) is 17.4 Å². The van der Waals surface area contributed by atoms with Gasteiger partial charge in [-0.15, -0.1) is 0 Å². The predicted octanol–water partition coefficient (Wildman–Crippen LogP) is -0.531. The van der Waals surface area contributed by atoms with Gasteiger partial charge in [-0.1, -0.05) is 0 Å². The molecule has 2 saturated heterocycles. The van der Waals surface area contributed by atoms with Crippen molar-refractivity contribution in [3.05, 3.63) is 5.56 Å². The Labute approximate surface area is 170 Å². The topological polar surface area (TPSA) is 103 Å². The molecule has 1 saturated carbocycles. The summed E-state index contributed by atoms with van der Waals surface area (Å²) >= 11 is 0. The van der Waals surface area contributed by atoms with Crippen LogP contribution < -0.4 is 21.7 Å². The number of amides is 1. The molecule has 4 heterocycles. The van der Waals surface area contributed by atoms with Crippen LogP contribution in [0.25, 0.3) is 0 Å². The Morgan fingerprint density at radius 1 is 1.14 bits per heavy atom. The lowest BCUT2D eigenvalue weighted by atomic mass is 9.97. The zero-order valence-corrected chi connectivity index (χ0v) is 16.7. The van der Waals surface area contributed by atoms with Crippen LogP contribution in [-0.4, -0.2) is 95.6 Å². The van der Waals surface area contributed by atoms with E-state index in [9.17, 15) is 9.18 Å². The number of aromatic nitrogens is 2. The summed E-state index contributed by atoms with van der Waals surface area (Å²) in [7, 11) is 0. The van der Waals surface area contributed by atoms with Crippen LogP contribution in [0, 0.1) is 0 Å². The van der Waals surface area contributed by atoms with Crippen LogP contribution in [0.5, 0.6) is 0 Å². The van der Waals surface area contributed by atoms with Crippen molar-refractivity contribution in [3.63, 3.8) is 0 Å². The predicted molar refractivity (Wildman–Crippen MR) is 109 cm³/mol. The van der Waals surface area contributed by atoms with Gasteiger partial charge in [-0.25, -0.2) is 9.07 Å². The molecule has 1 aliphatic carbocycles. The molecule has 0 radical (unpaired) electrons. The third-order valence-electron chi connectivity index (χ3n) is 6.71. The molecular formula is C19H31FN8O. The second-order valence-electron chi connectivity index (χ2n) is 8.71. The number of nitrogens with two attached hydrogens (primary N) is 1. The van der Waals surface area contributed by atoms with Gasteiger partial charge in [0.05, 0.1) is 12.6 Å². The number of anilines is 2. The van der Waals surface area contributed by atoms with Crippen molar-refractivity contribution in [2.75, 3.05) is 56.9 Å². The summed E-state index contributed by atoms with van der Waals surface area (Å²) in [6, 6.07) is 1.14. The molecule has 5 N–H and O–H groups in total. The highest BCUT2D eigenvalue weighted by atomic mass is 19.1. The molecule has 29 heavy (non-hydrogen) atoms. The molecule has 3 aliphatic heterocycles. The lowest BCUT2D eigenvalue weighted by Crippen LogP contribution is -2.62. The highest BCUT2D eigenvalue weighted by molar-refractivity contribution is 6.03. The summed E-state index contributed by atoms with van der Waals surface area (Å²) in [6.45, 7) is 6.34. The molecule has 3 unspecified atom stereocenters. The van der Waals surface area contributed by atoms with Gasteiger partial charge in [0.2, 0.25) is 0 Å². The van der Waals surface area contributed by atoms with Gasteiger partial charge in [-0.3, -0.25) is 14.6 Å². The maximum atomic E-state index is 13.6. The number of nitrogens with one attached hydrogen (secondary N) is 3. The largest absolute Gasteiger partial charge is 0.381 e. The molecule has 9 nitrogen and oxygen atoms in total. The van der Waals surface area contributed by atoms with Crippen LogP contribution in [0.2, 0.25) is 0 Å². The molecule has 0 spiro atoms. The number of carbonyl (C=O) groups excluding carboxylic acids is 1. The summed E-state index contributed by atoms with van der Waals surface area (Å²) in [5.74, 6) is 0.439. The smallest absolute Gasteiger partial charge is 0.259 e. The standard InChI is InChI=1S/C19H31FN8O/c20-12-9-23-18-16(17(21)25-28(18)11-12)19(29)24-14-10-22-4-3-15(14)27-7-5-26(6-8-27)13-1-2-13/h12-15,22-23H,1-11H2,(H2,21,25)(H,24,29). The first-order chi connectivity index (χ1) is 14.1. The maximum absolute atomic E-state index is 13.6. The minimum atomic E-state index is -1.03. The lowest BCUT2D eigenvalue weighted by molar-refractivity contribution is 0.0581. The Hall–Kier alpha value is -1.91. The van der Waals surface area contributed by atoms with Crippen LogP contribution in [0.1, 0.15) is 29.6 Å². The van der Waals surface area contributed by atoms with Gasteiger partial charge >= 0.3 is 0 Å². The van der Waals surface area contributed by atoms with Crippen molar-refractivity contribution in [1.82, 2.24) is 30.2 Å². The fraction of sp³-hybridized carbons (Fsp3) is 0.789. The second-order valence-corrected chi connectivity index (χ2v) is 8.71. The van der Waals surface area contributed by atoms with Crippen molar-refractivity contribution < 1.29 is 9.18 Å². The van der Waals surface area contributed by atoms with Crippen LogP contribution in [0.15, 0.2) is 0 Å². The van der Waals surface area contributed by atoms with Crippen LogP contribution in [-0.2, 0) is 6.54 Å². The summed E-state index contributed by atoms with van der Waals surface area (Å²) < 4.78 is 15.1. The first-order valence-electron chi connectivity index (χ1n) is 10.8. The number of nitrogen functional groups attached to an aromatic ring is 1. The Balaban J connectivity index is 1.27. The van der Waals surface area contributed by atoms with Crippen LogP contribution >= 0.6 is 0 Å². The van der Waals surface area contributed by atoms with Crippen molar-refractivity contribution in [1.29, 1.82) is 0 Å². The molecule has 10 heteroatoms. The highest BCUT2D eigenvalue weighted by Crippen LogP contribution is 2.29. The van der Waals surface area contributed by atoms with E-state index in [-0.39, 0.29) is 30.9 Å². The number of nitrogens with zero attached hydrogens (tertiary/aromatic N) is 4. The number of piperazine rings is 1. The van der Waals surface area contributed by atoms with Crippen molar-refractivity contribution in [2.24, 2.45) is 0 Å². The number of halogens is 1. The maximum Gasteiger partial charge on any atom is 0.259 e. The zero-order valence-electron chi connectivity index (χ0n) is 16.7. The number of rotatable bonds is 4. The first kappa shape index (κ1) is 19.1. The average molecular weight is 407 g/mol. The van der Waals surface area contributed by atoms with Gasteiger partial charge in [-0.2, -0.15) is 5.10 Å². The SMILES string of the molecule is Nc1nn2c(c1C(=O)NC1CNCCC1N1CCN(C3CC3)CC1)NCC(F)C2. The molecule has 5 rings (SSSR count). The van der Waals surface area contributed by atoms with E-state index in [1.165, 1.54) is 17.5 Å². The Morgan fingerprint density at radius 3 is 2.66 bits per heavy atom. The number of fused-ring (bicyclic) bond motifs is 1. The highest BCUT2D eigenvalue weighted by Gasteiger charge is 2.37. The molecule has 1 amide bonds. The molecule has 4 aliphatic rings. The van der Waals surface area contributed by atoms with E-state index in [4.69, 9.17) is 5.73 Å². The van der Waals surface area contributed by atoms with Crippen LogP contribution in [0.4, 0.5) is 16.0 Å². The van der Waals surface area contributed by atoms with E-state index in [2.05, 4.69) is 30.8 Å². The number of piperidine rings is 1. The van der Waals surface area contributed by atoms with Gasteiger partial charge < -0.3 is 21.7 Å². The molecular weight excluding hydrogens is 375 g/mol. The fourth-order valence-corrected chi connectivity index (χ4v) is 5.02. The van der Waals surface area contributed by atoms with Crippen molar-refractivity contribution in [3.8, 4) is 0 Å². The van der Waals surface area contributed by atoms with E-state index in [0.717, 1.165) is 51.7 Å². The summed E-state index contributed by atoms with van der Waals surface area (Å²) in [5.41, 5.74) is 6.35. The van der Waals surface area contributed by atoms with Gasteiger partial charge in [0.25, 0.3) is 5.91 Å². The van der Waals surface area contributed by atoms with Crippen molar-refractivity contribution in [2.45, 2.75) is 50.1 Å². The van der Waals surface area contributed by atoms with E-state index in [1.807, 2.05) is 0 Å². The molecule has 1 aromatic heterocycles. The van der Waals surface area contributed by atoms with E-state index >= 15 is 0 Å². The fourth-order valence-electron chi connectivity index (χ4n) is 5.02. The third-order valence-corrected chi connectivity index (χ3v) is 6.71.